The summed E-state index contributed by atoms with van der Waals surface area (Å²) < 4.78 is 1.13. The van der Waals surface area contributed by atoms with Crippen LogP contribution in [0.25, 0.3) is 0 Å². The first kappa shape index (κ1) is 12.8. The normalized spacial score (nSPS) is 18.3. The lowest BCUT2D eigenvalue weighted by Crippen LogP contribution is -2.45. The SMILES string of the molecule is CNC(=S)NC(C)C1(c2ccc(Br)cc2)CC1. The van der Waals surface area contributed by atoms with Crippen LogP contribution in [0.15, 0.2) is 28.7 Å². The summed E-state index contributed by atoms with van der Waals surface area (Å²) in [6, 6.07) is 9.00. The van der Waals surface area contributed by atoms with Crippen molar-refractivity contribution in [3.05, 3.63) is 34.3 Å². The Bertz CT molecular complexity index is 412. The molecule has 1 fully saturated rings. The molecule has 2 nitrogen and oxygen atoms in total. The van der Waals surface area contributed by atoms with Gasteiger partial charge in [-0.05, 0) is 49.7 Å². The van der Waals surface area contributed by atoms with E-state index in [1.807, 2.05) is 7.05 Å². The number of benzene rings is 1. The van der Waals surface area contributed by atoms with Gasteiger partial charge in [0.25, 0.3) is 0 Å². The molecule has 1 aliphatic carbocycles. The molecular weight excluding hydrogens is 296 g/mol. The van der Waals surface area contributed by atoms with Gasteiger partial charge in [-0.25, -0.2) is 0 Å². The Morgan fingerprint density at radius 3 is 2.41 bits per heavy atom. The highest BCUT2D eigenvalue weighted by atomic mass is 79.9. The fourth-order valence-electron chi connectivity index (χ4n) is 2.30. The predicted octanol–water partition coefficient (Wildman–Crippen LogP) is 2.96. The zero-order valence-corrected chi connectivity index (χ0v) is 12.5. The van der Waals surface area contributed by atoms with Crippen molar-refractivity contribution in [3.63, 3.8) is 0 Å². The molecule has 92 valence electrons. The van der Waals surface area contributed by atoms with Gasteiger partial charge in [0.15, 0.2) is 5.11 Å². The number of halogens is 1. The van der Waals surface area contributed by atoms with Crippen LogP contribution in [0, 0.1) is 0 Å². The van der Waals surface area contributed by atoms with Gasteiger partial charge >= 0.3 is 0 Å². The summed E-state index contributed by atoms with van der Waals surface area (Å²) in [6.07, 6.45) is 2.46. The molecule has 17 heavy (non-hydrogen) atoms. The second kappa shape index (κ2) is 4.94. The predicted molar refractivity (Wildman–Crippen MR) is 79.3 cm³/mol. The van der Waals surface area contributed by atoms with E-state index in [9.17, 15) is 0 Å². The minimum atomic E-state index is 0.265. The summed E-state index contributed by atoms with van der Waals surface area (Å²) in [5.41, 5.74) is 1.67. The molecule has 0 spiro atoms. The van der Waals surface area contributed by atoms with Crippen LogP contribution in [0.3, 0.4) is 0 Å². The first-order valence-electron chi connectivity index (χ1n) is 5.83. The van der Waals surface area contributed by atoms with Crippen LogP contribution in [-0.4, -0.2) is 18.2 Å². The van der Waals surface area contributed by atoms with E-state index in [0.717, 1.165) is 9.59 Å². The van der Waals surface area contributed by atoms with Crippen LogP contribution in [0.5, 0.6) is 0 Å². The van der Waals surface area contributed by atoms with E-state index in [1.165, 1.54) is 18.4 Å². The molecule has 0 bridgehead atoms. The molecule has 1 atom stereocenters. The van der Waals surface area contributed by atoms with Gasteiger partial charge in [0, 0.05) is 23.0 Å². The minimum Gasteiger partial charge on any atom is -0.366 e. The van der Waals surface area contributed by atoms with Gasteiger partial charge in [0.05, 0.1) is 0 Å². The largest absolute Gasteiger partial charge is 0.366 e. The van der Waals surface area contributed by atoms with E-state index < -0.39 is 0 Å². The van der Waals surface area contributed by atoms with Crippen molar-refractivity contribution in [2.24, 2.45) is 0 Å². The summed E-state index contributed by atoms with van der Waals surface area (Å²) in [5.74, 6) is 0. The van der Waals surface area contributed by atoms with Crippen molar-refractivity contribution < 1.29 is 0 Å². The highest BCUT2D eigenvalue weighted by molar-refractivity contribution is 9.10. The minimum absolute atomic E-state index is 0.265. The summed E-state index contributed by atoms with van der Waals surface area (Å²) in [4.78, 5) is 0. The van der Waals surface area contributed by atoms with Crippen molar-refractivity contribution in [1.82, 2.24) is 10.6 Å². The molecule has 0 aliphatic heterocycles. The molecule has 1 aromatic rings. The molecule has 0 saturated heterocycles. The molecule has 1 unspecified atom stereocenters. The zero-order chi connectivity index (χ0) is 12.5. The number of rotatable bonds is 3. The number of thiocarbonyl (C=S) groups is 1. The maximum atomic E-state index is 5.17. The smallest absolute Gasteiger partial charge is 0.166 e. The van der Waals surface area contributed by atoms with Crippen molar-refractivity contribution in [2.45, 2.75) is 31.2 Å². The molecular formula is C13H17BrN2S. The summed E-state index contributed by atoms with van der Waals surface area (Å²) in [5, 5.41) is 7.05. The summed E-state index contributed by atoms with van der Waals surface area (Å²) in [6.45, 7) is 2.21. The molecule has 0 amide bonds. The van der Waals surface area contributed by atoms with Crippen LogP contribution in [-0.2, 0) is 5.41 Å². The van der Waals surface area contributed by atoms with Gasteiger partial charge in [0.2, 0.25) is 0 Å². The van der Waals surface area contributed by atoms with E-state index in [0.29, 0.717) is 6.04 Å². The standard InChI is InChI=1S/C13H17BrN2S/c1-9(16-12(17)15-2)13(7-8-13)10-3-5-11(14)6-4-10/h3-6,9H,7-8H2,1-2H3,(H2,15,16,17). The molecule has 4 heteroatoms. The quantitative estimate of drug-likeness (QED) is 0.839. The Labute approximate surface area is 116 Å². The van der Waals surface area contributed by atoms with Crippen LogP contribution in [0.4, 0.5) is 0 Å². The number of hydrogen-bond donors (Lipinski definition) is 2. The Hall–Kier alpha value is -0.610. The zero-order valence-electron chi connectivity index (χ0n) is 10.1. The van der Waals surface area contributed by atoms with Crippen LogP contribution >= 0.6 is 28.1 Å². The van der Waals surface area contributed by atoms with Gasteiger partial charge in [-0.2, -0.15) is 0 Å². The Balaban J connectivity index is 2.13. The Kier molecular flexibility index (Phi) is 3.73. The van der Waals surface area contributed by atoms with Gasteiger partial charge in [-0.1, -0.05) is 28.1 Å². The molecule has 1 aliphatic rings. The molecule has 2 rings (SSSR count). The molecule has 0 aromatic heterocycles. The average Bonchev–Trinajstić information content (AvgIpc) is 3.11. The maximum Gasteiger partial charge on any atom is 0.166 e. The molecule has 0 radical (unpaired) electrons. The van der Waals surface area contributed by atoms with Crippen molar-refractivity contribution in [2.75, 3.05) is 7.05 Å². The Morgan fingerprint density at radius 2 is 1.94 bits per heavy atom. The fraction of sp³-hybridized carbons (Fsp3) is 0.462. The van der Waals surface area contributed by atoms with Gasteiger partial charge in [-0.3, -0.25) is 0 Å². The lowest BCUT2D eigenvalue weighted by molar-refractivity contribution is 0.509. The summed E-state index contributed by atoms with van der Waals surface area (Å²) in [7, 11) is 1.85. The van der Waals surface area contributed by atoms with Crippen LogP contribution < -0.4 is 10.6 Å². The maximum absolute atomic E-state index is 5.17. The molecule has 1 aromatic carbocycles. The second-order valence-electron chi connectivity index (χ2n) is 4.61. The summed E-state index contributed by atoms with van der Waals surface area (Å²) >= 11 is 8.64. The third kappa shape index (κ3) is 2.63. The average molecular weight is 313 g/mol. The van der Waals surface area contributed by atoms with Crippen LogP contribution in [0.2, 0.25) is 0 Å². The van der Waals surface area contributed by atoms with Gasteiger partial charge < -0.3 is 10.6 Å². The number of hydrogen-bond acceptors (Lipinski definition) is 1. The van der Waals surface area contributed by atoms with Crippen LogP contribution in [0.1, 0.15) is 25.3 Å². The second-order valence-corrected chi connectivity index (χ2v) is 5.93. The molecule has 1 saturated carbocycles. The third-order valence-electron chi connectivity index (χ3n) is 3.61. The first-order chi connectivity index (χ1) is 8.08. The van der Waals surface area contributed by atoms with Crippen molar-refractivity contribution in [1.29, 1.82) is 0 Å². The molecule has 0 heterocycles. The first-order valence-corrected chi connectivity index (χ1v) is 7.03. The highest BCUT2D eigenvalue weighted by Crippen LogP contribution is 2.51. The number of nitrogens with one attached hydrogen (secondary N) is 2. The highest BCUT2D eigenvalue weighted by Gasteiger charge is 2.48. The van der Waals surface area contributed by atoms with E-state index in [2.05, 4.69) is 57.8 Å². The van der Waals surface area contributed by atoms with Gasteiger partial charge in [0.1, 0.15) is 0 Å². The molecule has 2 N–H and O–H groups in total. The van der Waals surface area contributed by atoms with E-state index in [-0.39, 0.29) is 5.41 Å². The lowest BCUT2D eigenvalue weighted by Gasteiger charge is -2.26. The topological polar surface area (TPSA) is 24.1 Å². The fourth-order valence-corrected chi connectivity index (χ4v) is 2.74. The van der Waals surface area contributed by atoms with Crippen molar-refractivity contribution in [3.8, 4) is 0 Å². The van der Waals surface area contributed by atoms with E-state index in [4.69, 9.17) is 12.2 Å². The lowest BCUT2D eigenvalue weighted by atomic mass is 9.89. The van der Waals surface area contributed by atoms with E-state index >= 15 is 0 Å². The van der Waals surface area contributed by atoms with Crippen molar-refractivity contribution >= 4 is 33.3 Å². The Morgan fingerprint density at radius 1 is 1.35 bits per heavy atom. The third-order valence-corrected chi connectivity index (χ3v) is 4.46. The van der Waals surface area contributed by atoms with E-state index in [1.54, 1.807) is 0 Å². The monoisotopic (exact) mass is 312 g/mol. The van der Waals surface area contributed by atoms with Gasteiger partial charge in [-0.15, -0.1) is 0 Å².